The second-order valence-electron chi connectivity index (χ2n) is 6.51. The molecule has 0 atom stereocenters. The lowest BCUT2D eigenvalue weighted by Crippen LogP contribution is -2.39. The molecule has 2 heterocycles. The molecule has 0 saturated carbocycles. The summed E-state index contributed by atoms with van der Waals surface area (Å²) >= 11 is 0. The van der Waals surface area contributed by atoms with Crippen LogP contribution in [0.4, 0.5) is 5.69 Å². The molecule has 1 aromatic heterocycles. The van der Waals surface area contributed by atoms with E-state index in [-0.39, 0.29) is 5.78 Å². The largest absolute Gasteiger partial charge is 0.367 e. The van der Waals surface area contributed by atoms with Crippen LogP contribution in [0.5, 0.6) is 0 Å². The highest BCUT2D eigenvalue weighted by Crippen LogP contribution is 2.18. The normalized spacial score (nSPS) is 14.3. The number of benzene rings is 1. The van der Waals surface area contributed by atoms with Gasteiger partial charge in [0.25, 0.3) is 0 Å². The second kappa shape index (κ2) is 6.95. The average Bonchev–Trinajstić information content (AvgIpc) is 3.06. The third-order valence-electron chi connectivity index (χ3n) is 4.69. The van der Waals surface area contributed by atoms with Crippen molar-refractivity contribution in [2.24, 2.45) is 0 Å². The van der Waals surface area contributed by atoms with Crippen LogP contribution < -0.4 is 9.47 Å². The van der Waals surface area contributed by atoms with Crippen LogP contribution in [0.1, 0.15) is 29.5 Å². The van der Waals surface area contributed by atoms with Crippen molar-refractivity contribution in [1.29, 1.82) is 0 Å². The molecule has 1 fully saturated rings. The van der Waals surface area contributed by atoms with Gasteiger partial charge in [-0.05, 0) is 49.4 Å². The molecule has 2 aromatic rings. The number of aryl methyl sites for hydroxylation is 2. The van der Waals surface area contributed by atoms with Crippen LogP contribution in [0.25, 0.3) is 0 Å². The Kier molecular flexibility index (Phi) is 4.75. The minimum absolute atomic E-state index is 0.256. The standard InChI is InChI=1S/C20H25N2O/c1-16-7-5-8-17(2)20(16)13-19(23)15-21-10-6-9-18(14-21)22-11-3-4-12-22/h5-10,14H,3-4,11-13,15H2,1-2H3/q+1. The van der Waals surface area contributed by atoms with Crippen LogP contribution in [-0.2, 0) is 17.8 Å². The summed E-state index contributed by atoms with van der Waals surface area (Å²) in [5.41, 5.74) is 4.81. The number of hydrogen-bond donors (Lipinski definition) is 0. The summed E-state index contributed by atoms with van der Waals surface area (Å²) in [7, 11) is 0. The van der Waals surface area contributed by atoms with E-state index in [0.717, 1.165) is 13.1 Å². The first-order valence-corrected chi connectivity index (χ1v) is 8.44. The zero-order chi connectivity index (χ0) is 16.2. The van der Waals surface area contributed by atoms with Crippen LogP contribution in [0.2, 0.25) is 0 Å². The van der Waals surface area contributed by atoms with Gasteiger partial charge in [0.1, 0.15) is 5.69 Å². The van der Waals surface area contributed by atoms with E-state index in [9.17, 15) is 4.79 Å². The Morgan fingerprint density at radius 1 is 1.09 bits per heavy atom. The number of anilines is 1. The number of aromatic nitrogens is 1. The van der Waals surface area contributed by atoms with Crippen LogP contribution in [0, 0.1) is 13.8 Å². The van der Waals surface area contributed by atoms with Gasteiger partial charge in [0.15, 0.2) is 12.4 Å². The lowest BCUT2D eigenvalue weighted by atomic mass is 9.98. The van der Waals surface area contributed by atoms with Gasteiger partial charge in [0.05, 0.1) is 0 Å². The highest BCUT2D eigenvalue weighted by molar-refractivity contribution is 5.80. The predicted octanol–water partition coefficient (Wildman–Crippen LogP) is 3.00. The monoisotopic (exact) mass is 309 g/mol. The molecule has 3 nitrogen and oxygen atoms in total. The number of ketones is 1. The molecule has 0 spiro atoms. The smallest absolute Gasteiger partial charge is 0.206 e. The van der Waals surface area contributed by atoms with Crippen molar-refractivity contribution >= 4 is 11.5 Å². The molecule has 1 saturated heterocycles. The van der Waals surface area contributed by atoms with Gasteiger partial charge in [-0.15, -0.1) is 0 Å². The second-order valence-corrected chi connectivity index (χ2v) is 6.51. The third-order valence-corrected chi connectivity index (χ3v) is 4.69. The van der Waals surface area contributed by atoms with Gasteiger partial charge >= 0.3 is 0 Å². The van der Waals surface area contributed by atoms with E-state index in [1.54, 1.807) is 0 Å². The molecule has 1 aliphatic heterocycles. The summed E-state index contributed by atoms with van der Waals surface area (Å²) in [6, 6.07) is 10.4. The first kappa shape index (κ1) is 15.7. The lowest BCUT2D eigenvalue weighted by molar-refractivity contribution is -0.683. The first-order valence-electron chi connectivity index (χ1n) is 8.44. The molecule has 120 valence electrons. The number of Topliss-reactive ketones (excluding diaryl/α,β-unsaturated/α-hetero) is 1. The molecule has 1 aromatic carbocycles. The maximum atomic E-state index is 12.5. The predicted molar refractivity (Wildman–Crippen MR) is 92.7 cm³/mol. The highest BCUT2D eigenvalue weighted by Gasteiger charge is 2.17. The first-order chi connectivity index (χ1) is 11.1. The maximum Gasteiger partial charge on any atom is 0.206 e. The topological polar surface area (TPSA) is 24.2 Å². The Bertz CT molecular complexity index is 682. The molecule has 1 aliphatic rings. The van der Waals surface area contributed by atoms with Gasteiger partial charge in [0.2, 0.25) is 12.3 Å². The number of rotatable bonds is 5. The summed E-state index contributed by atoms with van der Waals surface area (Å²) in [5, 5.41) is 0. The molecule has 0 aliphatic carbocycles. The zero-order valence-electron chi connectivity index (χ0n) is 14.1. The van der Waals surface area contributed by atoms with Crippen molar-refractivity contribution in [2.45, 2.75) is 39.7 Å². The summed E-state index contributed by atoms with van der Waals surface area (Å²) in [6.07, 6.45) is 7.14. The molecule has 0 N–H and O–H groups in total. The van der Waals surface area contributed by atoms with Gasteiger partial charge in [-0.25, -0.2) is 0 Å². The van der Waals surface area contributed by atoms with Crippen LogP contribution >= 0.6 is 0 Å². The third kappa shape index (κ3) is 3.79. The molecule has 23 heavy (non-hydrogen) atoms. The zero-order valence-corrected chi connectivity index (χ0v) is 14.1. The van der Waals surface area contributed by atoms with Gasteiger partial charge in [0, 0.05) is 25.6 Å². The number of carbonyl (C=O) groups is 1. The van der Waals surface area contributed by atoms with Crippen molar-refractivity contribution in [3.8, 4) is 0 Å². The van der Waals surface area contributed by atoms with Gasteiger partial charge in [-0.1, -0.05) is 18.2 Å². The molecule has 0 unspecified atom stereocenters. The van der Waals surface area contributed by atoms with Crippen LogP contribution in [0.3, 0.4) is 0 Å². The minimum Gasteiger partial charge on any atom is -0.367 e. The fourth-order valence-electron chi connectivity index (χ4n) is 3.35. The maximum absolute atomic E-state index is 12.5. The number of nitrogens with zero attached hydrogens (tertiary/aromatic N) is 2. The van der Waals surface area contributed by atoms with E-state index in [4.69, 9.17) is 0 Å². The summed E-state index contributed by atoms with van der Waals surface area (Å²) in [6.45, 7) is 6.85. The Hall–Kier alpha value is -2.16. The van der Waals surface area contributed by atoms with E-state index >= 15 is 0 Å². The molecule has 3 rings (SSSR count). The molecular weight excluding hydrogens is 284 g/mol. The molecule has 0 bridgehead atoms. The summed E-state index contributed by atoms with van der Waals surface area (Å²) in [4.78, 5) is 14.9. The van der Waals surface area contributed by atoms with E-state index in [1.807, 2.05) is 22.9 Å². The highest BCUT2D eigenvalue weighted by atomic mass is 16.1. The average molecular weight is 309 g/mol. The van der Waals surface area contributed by atoms with Crippen molar-refractivity contribution in [3.05, 3.63) is 59.4 Å². The van der Waals surface area contributed by atoms with Gasteiger partial charge in [-0.2, -0.15) is 4.57 Å². The fourth-order valence-corrected chi connectivity index (χ4v) is 3.35. The minimum atomic E-state index is 0.256. The Balaban J connectivity index is 1.69. The van der Waals surface area contributed by atoms with E-state index in [0.29, 0.717) is 13.0 Å². The summed E-state index contributed by atoms with van der Waals surface area (Å²) in [5.74, 6) is 0.256. The van der Waals surface area contributed by atoms with E-state index < -0.39 is 0 Å². The lowest BCUT2D eigenvalue weighted by Gasteiger charge is -2.15. The fraction of sp³-hybridized carbons (Fsp3) is 0.400. The van der Waals surface area contributed by atoms with Crippen LogP contribution in [0.15, 0.2) is 42.7 Å². The summed E-state index contributed by atoms with van der Waals surface area (Å²) < 4.78 is 2.02. The van der Waals surface area contributed by atoms with Crippen molar-refractivity contribution in [3.63, 3.8) is 0 Å². The van der Waals surface area contributed by atoms with E-state index in [2.05, 4.69) is 43.1 Å². The van der Waals surface area contributed by atoms with Crippen molar-refractivity contribution in [2.75, 3.05) is 18.0 Å². The molecule has 0 amide bonds. The SMILES string of the molecule is Cc1cccc(C)c1CC(=O)C[n+]1cccc(N2CCCC2)c1. The quantitative estimate of drug-likeness (QED) is 0.793. The van der Waals surface area contributed by atoms with Gasteiger partial charge < -0.3 is 4.90 Å². The Labute approximate surface area is 138 Å². The van der Waals surface area contributed by atoms with Crippen LogP contribution in [-0.4, -0.2) is 18.9 Å². The molecule has 3 heteroatoms. The van der Waals surface area contributed by atoms with Crippen molar-refractivity contribution in [1.82, 2.24) is 0 Å². The number of hydrogen-bond acceptors (Lipinski definition) is 2. The van der Waals surface area contributed by atoms with Gasteiger partial charge in [-0.3, -0.25) is 4.79 Å². The van der Waals surface area contributed by atoms with Crippen molar-refractivity contribution < 1.29 is 9.36 Å². The number of pyridine rings is 1. The van der Waals surface area contributed by atoms with E-state index in [1.165, 1.54) is 35.2 Å². The Morgan fingerprint density at radius 3 is 2.48 bits per heavy atom. The molecular formula is C20H25N2O+. The Morgan fingerprint density at radius 2 is 1.78 bits per heavy atom. The number of carbonyl (C=O) groups excluding carboxylic acids is 1. The molecule has 0 radical (unpaired) electrons.